The Hall–Kier alpha value is -2.05. The van der Waals surface area contributed by atoms with Crippen LogP contribution in [0.25, 0.3) is 0 Å². The van der Waals surface area contributed by atoms with Crippen molar-refractivity contribution < 1.29 is 19.4 Å². The largest absolute Gasteiger partial charge is 0.489 e. The zero-order valence-electron chi connectivity index (χ0n) is 12.8. The van der Waals surface area contributed by atoms with Crippen molar-refractivity contribution in [1.29, 1.82) is 0 Å². The number of carbonyl (C=O) groups excluding carboxylic acids is 1. The van der Waals surface area contributed by atoms with Gasteiger partial charge in [-0.05, 0) is 51.8 Å². The molecule has 0 aliphatic rings. The smallest absolute Gasteiger partial charge is 0.337 e. The van der Waals surface area contributed by atoms with Gasteiger partial charge < -0.3 is 15.2 Å². The highest BCUT2D eigenvalue weighted by Crippen LogP contribution is 2.26. The van der Waals surface area contributed by atoms with Crippen molar-refractivity contribution in [3.8, 4) is 5.75 Å². The number of hydrogen-bond donors (Lipinski definition) is 2. The van der Waals surface area contributed by atoms with E-state index in [1.54, 1.807) is 19.1 Å². The molecule has 24 heavy (non-hydrogen) atoms. The molecule has 0 aromatic heterocycles. The van der Waals surface area contributed by atoms with E-state index in [-0.39, 0.29) is 30.2 Å². The molecule has 0 heterocycles. The van der Waals surface area contributed by atoms with Gasteiger partial charge >= 0.3 is 5.97 Å². The molecule has 0 aliphatic heterocycles. The summed E-state index contributed by atoms with van der Waals surface area (Å²) >= 11 is 9.27. The highest BCUT2D eigenvalue weighted by atomic mass is 79.9. The third kappa shape index (κ3) is 4.72. The Balaban J connectivity index is 2.15. The van der Waals surface area contributed by atoms with Crippen LogP contribution in [-0.4, -0.2) is 17.0 Å². The topological polar surface area (TPSA) is 75.6 Å². The van der Waals surface area contributed by atoms with E-state index in [0.717, 1.165) is 10.0 Å². The van der Waals surface area contributed by atoms with Crippen LogP contribution < -0.4 is 10.1 Å². The maximum atomic E-state index is 11.5. The highest BCUT2D eigenvalue weighted by Gasteiger charge is 2.13. The molecule has 0 radical (unpaired) electrons. The van der Waals surface area contributed by atoms with Crippen molar-refractivity contribution >= 4 is 45.1 Å². The molecule has 7 heteroatoms. The molecular formula is C17H15BrClNO4. The lowest BCUT2D eigenvalue weighted by atomic mass is 10.1. The molecule has 0 atom stereocenters. The summed E-state index contributed by atoms with van der Waals surface area (Å²) in [6.45, 7) is 1.95. The Morgan fingerprint density at radius 2 is 2.00 bits per heavy atom. The summed E-state index contributed by atoms with van der Waals surface area (Å²) in [5, 5.41) is 12.5. The van der Waals surface area contributed by atoms with Gasteiger partial charge in [0, 0.05) is 10.9 Å². The summed E-state index contributed by atoms with van der Waals surface area (Å²) in [5.74, 6) is -0.994. The van der Waals surface area contributed by atoms with Crippen molar-refractivity contribution in [3.05, 3.63) is 57.0 Å². The van der Waals surface area contributed by atoms with Crippen LogP contribution in [0.2, 0.25) is 5.02 Å². The van der Waals surface area contributed by atoms with E-state index in [9.17, 15) is 14.7 Å². The molecule has 0 unspecified atom stereocenters. The number of ether oxygens (including phenoxy) is 1. The maximum absolute atomic E-state index is 11.5. The minimum absolute atomic E-state index is 0.0217. The Morgan fingerprint density at radius 1 is 1.25 bits per heavy atom. The number of carbonyl (C=O) groups is 2. The van der Waals surface area contributed by atoms with Gasteiger partial charge in [0.2, 0.25) is 5.91 Å². The Labute approximate surface area is 152 Å². The van der Waals surface area contributed by atoms with E-state index < -0.39 is 5.97 Å². The number of benzene rings is 2. The third-order valence-electron chi connectivity index (χ3n) is 3.21. The van der Waals surface area contributed by atoms with Gasteiger partial charge in [-0.25, -0.2) is 4.79 Å². The third-order valence-corrected chi connectivity index (χ3v) is 4.42. The lowest BCUT2D eigenvalue weighted by Gasteiger charge is -2.11. The standard InChI is InChI=1S/C17H15BrClNO4/c1-2-16(21)20-15-6-4-11(8-12(15)17(22)23)24-9-10-3-5-14(19)13(18)7-10/h3-8H,2,9H2,1H3,(H,20,21)(H,22,23). The van der Waals surface area contributed by atoms with Crippen LogP contribution >= 0.6 is 27.5 Å². The van der Waals surface area contributed by atoms with Gasteiger partial charge in [0.1, 0.15) is 12.4 Å². The molecule has 0 aliphatic carbocycles. The molecular weight excluding hydrogens is 398 g/mol. The van der Waals surface area contributed by atoms with Crippen molar-refractivity contribution in [2.75, 3.05) is 5.32 Å². The SMILES string of the molecule is CCC(=O)Nc1ccc(OCc2ccc(Cl)c(Br)c2)cc1C(=O)O. The lowest BCUT2D eigenvalue weighted by Crippen LogP contribution is -2.13. The lowest BCUT2D eigenvalue weighted by molar-refractivity contribution is -0.115. The van der Waals surface area contributed by atoms with Gasteiger partial charge in [-0.2, -0.15) is 0 Å². The molecule has 2 N–H and O–H groups in total. The monoisotopic (exact) mass is 411 g/mol. The second kappa shape index (κ2) is 8.17. The number of aromatic carboxylic acids is 1. The van der Waals surface area contributed by atoms with Crippen LogP contribution in [0.1, 0.15) is 29.3 Å². The summed E-state index contributed by atoms with van der Waals surface area (Å²) in [6, 6.07) is 9.92. The van der Waals surface area contributed by atoms with E-state index in [1.165, 1.54) is 12.1 Å². The van der Waals surface area contributed by atoms with Crippen molar-refractivity contribution in [2.24, 2.45) is 0 Å². The Kier molecular flexibility index (Phi) is 6.23. The number of carboxylic acid groups (broad SMARTS) is 1. The van der Waals surface area contributed by atoms with Crippen LogP contribution in [0.5, 0.6) is 5.75 Å². The van der Waals surface area contributed by atoms with E-state index in [2.05, 4.69) is 21.2 Å². The normalized spacial score (nSPS) is 10.3. The van der Waals surface area contributed by atoms with Gasteiger partial charge in [0.05, 0.1) is 16.3 Å². The fraction of sp³-hybridized carbons (Fsp3) is 0.176. The van der Waals surface area contributed by atoms with Crippen LogP contribution in [0.4, 0.5) is 5.69 Å². The summed E-state index contributed by atoms with van der Waals surface area (Å²) in [7, 11) is 0. The van der Waals surface area contributed by atoms with E-state index in [0.29, 0.717) is 10.8 Å². The summed E-state index contributed by atoms with van der Waals surface area (Å²) in [6.07, 6.45) is 0.267. The first-order valence-corrected chi connectivity index (χ1v) is 8.31. The predicted molar refractivity (Wildman–Crippen MR) is 95.8 cm³/mol. The molecule has 0 saturated carbocycles. The van der Waals surface area contributed by atoms with Crippen LogP contribution in [0.15, 0.2) is 40.9 Å². The number of nitrogens with one attached hydrogen (secondary N) is 1. The molecule has 126 valence electrons. The Bertz CT molecular complexity index is 779. The molecule has 2 aromatic rings. The average Bonchev–Trinajstić information content (AvgIpc) is 2.56. The molecule has 0 bridgehead atoms. The van der Waals surface area contributed by atoms with Crippen molar-refractivity contribution in [2.45, 2.75) is 20.0 Å². The molecule has 2 aromatic carbocycles. The molecule has 0 fully saturated rings. The first kappa shape index (κ1) is 18.3. The number of anilines is 1. The van der Waals surface area contributed by atoms with Crippen molar-refractivity contribution in [1.82, 2.24) is 0 Å². The number of halogens is 2. The van der Waals surface area contributed by atoms with Gasteiger partial charge in [-0.1, -0.05) is 24.6 Å². The zero-order chi connectivity index (χ0) is 17.7. The highest BCUT2D eigenvalue weighted by molar-refractivity contribution is 9.10. The van der Waals surface area contributed by atoms with Gasteiger partial charge in [-0.3, -0.25) is 4.79 Å². The van der Waals surface area contributed by atoms with E-state index in [4.69, 9.17) is 16.3 Å². The number of hydrogen-bond acceptors (Lipinski definition) is 3. The molecule has 5 nitrogen and oxygen atoms in total. The van der Waals surface area contributed by atoms with Gasteiger partial charge in [0.25, 0.3) is 0 Å². The van der Waals surface area contributed by atoms with Crippen LogP contribution in [-0.2, 0) is 11.4 Å². The molecule has 1 amide bonds. The second-order valence-electron chi connectivity index (χ2n) is 4.95. The van der Waals surface area contributed by atoms with Crippen molar-refractivity contribution in [3.63, 3.8) is 0 Å². The van der Waals surface area contributed by atoms with Gasteiger partial charge in [0.15, 0.2) is 0 Å². The van der Waals surface area contributed by atoms with Crippen LogP contribution in [0.3, 0.4) is 0 Å². The summed E-state index contributed by atoms with van der Waals surface area (Å²) in [4.78, 5) is 22.8. The maximum Gasteiger partial charge on any atom is 0.337 e. The summed E-state index contributed by atoms with van der Waals surface area (Å²) < 4.78 is 6.38. The fourth-order valence-electron chi connectivity index (χ4n) is 1.93. The number of carboxylic acids is 1. The van der Waals surface area contributed by atoms with E-state index >= 15 is 0 Å². The Morgan fingerprint density at radius 3 is 2.62 bits per heavy atom. The van der Waals surface area contributed by atoms with Crippen LogP contribution in [0, 0.1) is 0 Å². The minimum atomic E-state index is -1.14. The number of amides is 1. The fourth-order valence-corrected chi connectivity index (χ4v) is 2.48. The average molecular weight is 413 g/mol. The minimum Gasteiger partial charge on any atom is -0.489 e. The molecule has 0 spiro atoms. The van der Waals surface area contributed by atoms with E-state index in [1.807, 2.05) is 12.1 Å². The zero-order valence-corrected chi connectivity index (χ0v) is 15.1. The first-order chi connectivity index (χ1) is 11.4. The quantitative estimate of drug-likeness (QED) is 0.719. The molecule has 2 rings (SSSR count). The number of rotatable bonds is 6. The summed E-state index contributed by atoms with van der Waals surface area (Å²) in [5.41, 5.74) is 1.11. The predicted octanol–water partition coefficient (Wildman–Crippen LogP) is 4.73. The first-order valence-electron chi connectivity index (χ1n) is 7.14. The van der Waals surface area contributed by atoms with Gasteiger partial charge in [-0.15, -0.1) is 0 Å². The second-order valence-corrected chi connectivity index (χ2v) is 6.21. The molecule has 0 saturated heterocycles.